The Bertz CT molecular complexity index is 811. The maximum Gasteiger partial charge on any atom is 0.337 e. The van der Waals surface area contributed by atoms with E-state index in [9.17, 15) is 4.79 Å². The predicted octanol–water partition coefficient (Wildman–Crippen LogP) is 2.90. The van der Waals surface area contributed by atoms with Crippen LogP contribution in [0, 0.1) is 20.8 Å². The molecule has 2 heterocycles. The van der Waals surface area contributed by atoms with E-state index in [1.54, 1.807) is 4.68 Å². The second-order valence-electron chi connectivity index (χ2n) is 4.76. The summed E-state index contributed by atoms with van der Waals surface area (Å²) in [5.41, 5.74) is 3.97. The number of aromatic nitrogens is 2. The van der Waals surface area contributed by atoms with Crippen LogP contribution >= 0.6 is 0 Å². The van der Waals surface area contributed by atoms with Crippen molar-refractivity contribution >= 4 is 11.1 Å². The van der Waals surface area contributed by atoms with Crippen molar-refractivity contribution in [1.29, 1.82) is 0 Å². The van der Waals surface area contributed by atoms with E-state index in [0.717, 1.165) is 22.3 Å². The van der Waals surface area contributed by atoms with Gasteiger partial charge in [-0.1, -0.05) is 17.7 Å². The van der Waals surface area contributed by atoms with Gasteiger partial charge in [-0.25, -0.2) is 4.79 Å². The quantitative estimate of drug-likeness (QED) is 0.671. The lowest BCUT2D eigenvalue weighted by atomic mass is 10.2. The van der Waals surface area contributed by atoms with E-state index >= 15 is 0 Å². The molecule has 0 saturated carbocycles. The van der Waals surface area contributed by atoms with Gasteiger partial charge in [-0.05, 0) is 38.5 Å². The number of fused-ring (bicyclic) bond motifs is 1. The maximum absolute atomic E-state index is 11.5. The van der Waals surface area contributed by atoms with Crippen molar-refractivity contribution in [2.75, 3.05) is 0 Å². The van der Waals surface area contributed by atoms with Crippen LogP contribution in [0.25, 0.3) is 16.8 Å². The van der Waals surface area contributed by atoms with Crippen LogP contribution in [0.1, 0.15) is 16.8 Å². The zero-order chi connectivity index (χ0) is 13.6. The van der Waals surface area contributed by atoms with Gasteiger partial charge in [0.1, 0.15) is 0 Å². The Morgan fingerprint density at radius 3 is 2.47 bits per heavy atom. The van der Waals surface area contributed by atoms with Crippen molar-refractivity contribution in [3.05, 3.63) is 57.6 Å². The average Bonchev–Trinajstić information content (AvgIpc) is 2.67. The standard InChI is InChI=1S/C15H14N2O2/c1-9-4-6-12(7-5-9)17-15-14(11(3)16-17)10(2)8-13(18)19-15/h4-8H,1-3H3. The lowest BCUT2D eigenvalue weighted by Gasteiger charge is -2.02. The molecule has 4 heteroatoms. The molecular weight excluding hydrogens is 240 g/mol. The van der Waals surface area contributed by atoms with E-state index < -0.39 is 0 Å². The van der Waals surface area contributed by atoms with E-state index in [1.807, 2.05) is 45.0 Å². The van der Waals surface area contributed by atoms with Gasteiger partial charge in [-0.3, -0.25) is 0 Å². The molecule has 3 rings (SSSR count). The fraction of sp³-hybridized carbons (Fsp3) is 0.200. The Morgan fingerprint density at radius 2 is 1.79 bits per heavy atom. The molecule has 0 atom stereocenters. The summed E-state index contributed by atoms with van der Waals surface area (Å²) in [6.45, 7) is 5.84. The molecule has 0 spiro atoms. The highest BCUT2D eigenvalue weighted by Gasteiger charge is 2.14. The Morgan fingerprint density at radius 1 is 1.11 bits per heavy atom. The van der Waals surface area contributed by atoms with Gasteiger partial charge >= 0.3 is 5.63 Å². The maximum atomic E-state index is 11.5. The van der Waals surface area contributed by atoms with Gasteiger partial charge in [0, 0.05) is 6.07 Å². The molecule has 0 aliphatic heterocycles. The summed E-state index contributed by atoms with van der Waals surface area (Å²) < 4.78 is 7.00. The Labute approximate surface area is 110 Å². The van der Waals surface area contributed by atoms with Crippen molar-refractivity contribution in [3.63, 3.8) is 0 Å². The Hall–Kier alpha value is -2.36. The molecular formula is C15H14N2O2. The number of nitrogens with zero attached hydrogens (tertiary/aromatic N) is 2. The summed E-state index contributed by atoms with van der Waals surface area (Å²) in [5, 5.41) is 5.38. The first-order valence-corrected chi connectivity index (χ1v) is 6.13. The van der Waals surface area contributed by atoms with Crippen molar-refractivity contribution in [2.45, 2.75) is 20.8 Å². The zero-order valence-corrected chi connectivity index (χ0v) is 11.1. The SMILES string of the molecule is Cc1ccc(-n2nc(C)c3c(C)cc(=O)oc32)cc1. The van der Waals surface area contributed by atoms with Crippen LogP contribution in [-0.2, 0) is 0 Å². The summed E-state index contributed by atoms with van der Waals surface area (Å²) in [6.07, 6.45) is 0. The first kappa shape index (κ1) is 11.7. The molecule has 0 radical (unpaired) electrons. The molecule has 0 amide bonds. The third-order valence-corrected chi connectivity index (χ3v) is 3.22. The molecule has 4 nitrogen and oxygen atoms in total. The first-order valence-electron chi connectivity index (χ1n) is 6.13. The number of rotatable bonds is 1. The van der Waals surface area contributed by atoms with Crippen LogP contribution in [-0.4, -0.2) is 9.78 Å². The Balaban J connectivity index is 2.36. The molecule has 0 saturated heterocycles. The van der Waals surface area contributed by atoms with Crippen LogP contribution in [0.2, 0.25) is 0 Å². The monoisotopic (exact) mass is 254 g/mol. The first-order chi connectivity index (χ1) is 9.06. The largest absolute Gasteiger partial charge is 0.403 e. The van der Waals surface area contributed by atoms with E-state index in [1.165, 1.54) is 11.6 Å². The van der Waals surface area contributed by atoms with Crippen LogP contribution in [0.15, 0.2) is 39.5 Å². The summed E-state index contributed by atoms with van der Waals surface area (Å²) in [4.78, 5) is 11.5. The van der Waals surface area contributed by atoms with Gasteiger partial charge in [-0.2, -0.15) is 9.78 Å². The molecule has 0 bridgehead atoms. The second-order valence-corrected chi connectivity index (χ2v) is 4.76. The van der Waals surface area contributed by atoms with Gasteiger partial charge in [0.05, 0.1) is 16.8 Å². The number of hydrogen-bond donors (Lipinski definition) is 0. The van der Waals surface area contributed by atoms with Gasteiger partial charge < -0.3 is 4.42 Å². The smallest absolute Gasteiger partial charge is 0.337 e. The minimum atomic E-state index is -0.349. The van der Waals surface area contributed by atoms with Gasteiger partial charge in [0.2, 0.25) is 5.71 Å². The van der Waals surface area contributed by atoms with Crippen molar-refractivity contribution in [3.8, 4) is 5.69 Å². The zero-order valence-electron chi connectivity index (χ0n) is 11.1. The lowest BCUT2D eigenvalue weighted by molar-refractivity contribution is 0.534. The third-order valence-electron chi connectivity index (χ3n) is 3.22. The lowest BCUT2D eigenvalue weighted by Crippen LogP contribution is -2.01. The molecule has 19 heavy (non-hydrogen) atoms. The molecule has 3 aromatic rings. The number of aryl methyl sites for hydroxylation is 3. The fourth-order valence-corrected chi connectivity index (χ4v) is 2.29. The predicted molar refractivity (Wildman–Crippen MR) is 73.8 cm³/mol. The molecule has 0 aliphatic carbocycles. The molecule has 96 valence electrons. The average molecular weight is 254 g/mol. The van der Waals surface area contributed by atoms with E-state index in [-0.39, 0.29) is 5.63 Å². The van der Waals surface area contributed by atoms with Crippen LogP contribution in [0.5, 0.6) is 0 Å². The van der Waals surface area contributed by atoms with E-state index in [2.05, 4.69) is 5.10 Å². The normalized spacial score (nSPS) is 11.1. The molecule has 2 aromatic heterocycles. The molecule has 0 fully saturated rings. The van der Waals surface area contributed by atoms with E-state index in [4.69, 9.17) is 4.42 Å². The van der Waals surface area contributed by atoms with Gasteiger partial charge in [0.15, 0.2) is 0 Å². The summed E-state index contributed by atoms with van der Waals surface area (Å²) >= 11 is 0. The van der Waals surface area contributed by atoms with Crippen LogP contribution in [0.4, 0.5) is 0 Å². The molecule has 0 N–H and O–H groups in total. The highest BCUT2D eigenvalue weighted by Crippen LogP contribution is 2.23. The summed E-state index contributed by atoms with van der Waals surface area (Å²) in [7, 11) is 0. The van der Waals surface area contributed by atoms with E-state index in [0.29, 0.717) is 5.71 Å². The van der Waals surface area contributed by atoms with Crippen molar-refractivity contribution in [2.24, 2.45) is 0 Å². The summed E-state index contributed by atoms with van der Waals surface area (Å²) in [6, 6.07) is 9.43. The minimum Gasteiger partial charge on any atom is -0.403 e. The topological polar surface area (TPSA) is 48.0 Å². The molecule has 0 unspecified atom stereocenters. The van der Waals surface area contributed by atoms with Gasteiger partial charge in [0.25, 0.3) is 0 Å². The highest BCUT2D eigenvalue weighted by atomic mass is 16.4. The molecule has 1 aromatic carbocycles. The second kappa shape index (κ2) is 4.09. The third kappa shape index (κ3) is 1.85. The number of benzene rings is 1. The van der Waals surface area contributed by atoms with Gasteiger partial charge in [-0.15, -0.1) is 0 Å². The Kier molecular flexibility index (Phi) is 2.52. The van der Waals surface area contributed by atoms with Crippen LogP contribution in [0.3, 0.4) is 0 Å². The fourth-order valence-electron chi connectivity index (χ4n) is 2.29. The minimum absolute atomic E-state index is 0.349. The van der Waals surface area contributed by atoms with Crippen molar-refractivity contribution < 1.29 is 4.42 Å². The van der Waals surface area contributed by atoms with Crippen molar-refractivity contribution in [1.82, 2.24) is 9.78 Å². The van der Waals surface area contributed by atoms with Crippen LogP contribution < -0.4 is 5.63 Å². The number of hydrogen-bond acceptors (Lipinski definition) is 3. The summed E-state index contributed by atoms with van der Waals surface area (Å²) in [5.74, 6) is 0. The highest BCUT2D eigenvalue weighted by molar-refractivity contribution is 5.81. The molecule has 0 aliphatic rings.